The first-order valence-corrected chi connectivity index (χ1v) is 7.97. The van der Waals surface area contributed by atoms with Crippen molar-refractivity contribution in [3.05, 3.63) is 35.6 Å². The van der Waals surface area contributed by atoms with E-state index in [1.165, 1.54) is 23.8 Å². The van der Waals surface area contributed by atoms with Gasteiger partial charge in [-0.05, 0) is 38.3 Å². The minimum atomic E-state index is 0.0776. The summed E-state index contributed by atoms with van der Waals surface area (Å²) in [5.74, 6) is 1.02. The SMILES string of the molecule is Cc1c(C(C)NCC2(CO)CCCC2)oc2ccccc12. The van der Waals surface area contributed by atoms with Crippen molar-refractivity contribution < 1.29 is 9.52 Å². The van der Waals surface area contributed by atoms with E-state index in [9.17, 15) is 5.11 Å². The minimum Gasteiger partial charge on any atom is -0.459 e. The van der Waals surface area contributed by atoms with E-state index in [-0.39, 0.29) is 18.1 Å². The zero-order valence-electron chi connectivity index (χ0n) is 13.0. The van der Waals surface area contributed by atoms with Crippen LogP contribution in [0.3, 0.4) is 0 Å². The van der Waals surface area contributed by atoms with Gasteiger partial charge in [0.2, 0.25) is 0 Å². The van der Waals surface area contributed by atoms with E-state index >= 15 is 0 Å². The Kier molecular flexibility index (Phi) is 4.05. The quantitative estimate of drug-likeness (QED) is 0.875. The van der Waals surface area contributed by atoms with Gasteiger partial charge >= 0.3 is 0 Å². The van der Waals surface area contributed by atoms with Gasteiger partial charge in [-0.3, -0.25) is 0 Å². The molecule has 21 heavy (non-hydrogen) atoms. The minimum absolute atomic E-state index is 0.0776. The Bertz CT molecular complexity index is 611. The summed E-state index contributed by atoms with van der Waals surface area (Å²) in [6.07, 6.45) is 4.73. The molecule has 0 saturated heterocycles. The highest BCUT2D eigenvalue weighted by atomic mass is 16.3. The summed E-state index contributed by atoms with van der Waals surface area (Å²) in [7, 11) is 0. The van der Waals surface area contributed by atoms with E-state index in [1.54, 1.807) is 0 Å². The number of hydrogen-bond acceptors (Lipinski definition) is 3. The molecule has 3 rings (SSSR count). The first kappa shape index (κ1) is 14.6. The summed E-state index contributed by atoms with van der Waals surface area (Å²) in [6.45, 7) is 5.41. The van der Waals surface area contributed by atoms with E-state index in [4.69, 9.17) is 4.42 Å². The van der Waals surface area contributed by atoms with Crippen molar-refractivity contribution in [2.24, 2.45) is 5.41 Å². The zero-order valence-corrected chi connectivity index (χ0v) is 13.0. The average molecular weight is 287 g/mol. The van der Waals surface area contributed by atoms with E-state index < -0.39 is 0 Å². The second kappa shape index (κ2) is 5.82. The van der Waals surface area contributed by atoms with Crippen molar-refractivity contribution in [2.75, 3.05) is 13.2 Å². The molecule has 0 aliphatic heterocycles. The Morgan fingerprint density at radius 3 is 2.67 bits per heavy atom. The first-order chi connectivity index (χ1) is 10.2. The molecule has 0 bridgehead atoms. The van der Waals surface area contributed by atoms with Crippen LogP contribution in [0.2, 0.25) is 0 Å². The van der Waals surface area contributed by atoms with Crippen LogP contribution in [0.1, 0.15) is 50.0 Å². The predicted octanol–water partition coefficient (Wildman–Crippen LogP) is 3.94. The van der Waals surface area contributed by atoms with Crippen LogP contribution in [0.25, 0.3) is 11.0 Å². The summed E-state index contributed by atoms with van der Waals surface area (Å²) in [6, 6.07) is 8.35. The lowest BCUT2D eigenvalue weighted by atomic mass is 9.87. The van der Waals surface area contributed by atoms with Gasteiger partial charge in [0, 0.05) is 24.0 Å². The maximum atomic E-state index is 9.71. The number of nitrogens with one attached hydrogen (secondary N) is 1. The van der Waals surface area contributed by atoms with Crippen LogP contribution >= 0.6 is 0 Å². The Morgan fingerprint density at radius 2 is 2.00 bits per heavy atom. The van der Waals surface area contributed by atoms with Gasteiger partial charge in [-0.1, -0.05) is 31.0 Å². The molecule has 3 nitrogen and oxygen atoms in total. The summed E-state index contributed by atoms with van der Waals surface area (Å²) in [5.41, 5.74) is 2.25. The predicted molar refractivity (Wildman–Crippen MR) is 85.4 cm³/mol. The van der Waals surface area contributed by atoms with E-state index in [1.807, 2.05) is 18.2 Å². The highest BCUT2D eigenvalue weighted by Crippen LogP contribution is 2.38. The highest BCUT2D eigenvalue weighted by molar-refractivity contribution is 5.82. The fourth-order valence-corrected chi connectivity index (χ4v) is 3.58. The van der Waals surface area contributed by atoms with Crippen LogP contribution in [-0.2, 0) is 0 Å². The summed E-state index contributed by atoms with van der Waals surface area (Å²) < 4.78 is 6.02. The third-order valence-electron chi connectivity index (χ3n) is 5.06. The van der Waals surface area contributed by atoms with Crippen LogP contribution in [0.15, 0.2) is 28.7 Å². The summed E-state index contributed by atoms with van der Waals surface area (Å²) in [4.78, 5) is 0. The largest absolute Gasteiger partial charge is 0.459 e. The molecule has 1 aliphatic rings. The molecule has 1 saturated carbocycles. The molecule has 1 aromatic carbocycles. The van der Waals surface area contributed by atoms with Gasteiger partial charge in [-0.25, -0.2) is 0 Å². The highest BCUT2D eigenvalue weighted by Gasteiger charge is 2.33. The lowest BCUT2D eigenvalue weighted by Crippen LogP contribution is -2.36. The molecule has 1 unspecified atom stereocenters. The lowest BCUT2D eigenvalue weighted by molar-refractivity contribution is 0.124. The molecule has 0 spiro atoms. The van der Waals surface area contributed by atoms with Gasteiger partial charge < -0.3 is 14.8 Å². The van der Waals surface area contributed by atoms with Crippen molar-refractivity contribution in [3.8, 4) is 0 Å². The second-order valence-electron chi connectivity index (χ2n) is 6.56. The Morgan fingerprint density at radius 1 is 1.29 bits per heavy atom. The number of aryl methyl sites for hydroxylation is 1. The number of aliphatic hydroxyl groups is 1. The standard InChI is InChI=1S/C18H25NO2/c1-13-15-7-3-4-8-16(15)21-17(13)14(2)19-11-18(12-20)9-5-6-10-18/h3-4,7-8,14,19-20H,5-6,9-12H2,1-2H3. The topological polar surface area (TPSA) is 45.4 Å². The molecule has 1 aromatic heterocycles. The smallest absolute Gasteiger partial charge is 0.134 e. The first-order valence-electron chi connectivity index (χ1n) is 7.97. The molecule has 3 heteroatoms. The second-order valence-corrected chi connectivity index (χ2v) is 6.56. The van der Waals surface area contributed by atoms with Crippen molar-refractivity contribution in [1.82, 2.24) is 5.32 Å². The fraction of sp³-hybridized carbons (Fsp3) is 0.556. The number of benzene rings is 1. The number of para-hydroxylation sites is 1. The molecule has 114 valence electrons. The summed E-state index contributed by atoms with van der Waals surface area (Å²) in [5, 5.41) is 14.5. The molecule has 0 amide bonds. The number of furan rings is 1. The normalized spacial score (nSPS) is 19.2. The molecule has 1 aliphatic carbocycles. The van der Waals surface area contributed by atoms with Gasteiger partial charge in [0.05, 0.1) is 6.04 Å². The van der Waals surface area contributed by atoms with Gasteiger partial charge in [-0.15, -0.1) is 0 Å². The number of aliphatic hydroxyl groups excluding tert-OH is 1. The van der Waals surface area contributed by atoms with Gasteiger partial charge in [-0.2, -0.15) is 0 Å². The van der Waals surface area contributed by atoms with Crippen LogP contribution in [0, 0.1) is 12.3 Å². The van der Waals surface area contributed by atoms with Gasteiger partial charge in [0.25, 0.3) is 0 Å². The molecular formula is C18H25NO2. The third kappa shape index (κ3) is 2.72. The maximum absolute atomic E-state index is 9.71. The number of hydrogen-bond donors (Lipinski definition) is 2. The zero-order chi connectivity index (χ0) is 14.9. The van der Waals surface area contributed by atoms with Crippen molar-refractivity contribution >= 4 is 11.0 Å². The Balaban J connectivity index is 1.75. The van der Waals surface area contributed by atoms with Crippen molar-refractivity contribution in [3.63, 3.8) is 0 Å². The molecule has 0 radical (unpaired) electrons. The van der Waals surface area contributed by atoms with E-state index in [0.717, 1.165) is 30.7 Å². The van der Waals surface area contributed by atoms with Crippen LogP contribution < -0.4 is 5.32 Å². The molecule has 1 fully saturated rings. The number of fused-ring (bicyclic) bond motifs is 1. The third-order valence-corrected chi connectivity index (χ3v) is 5.06. The van der Waals surface area contributed by atoms with E-state index in [2.05, 4.69) is 25.2 Å². The fourth-order valence-electron chi connectivity index (χ4n) is 3.58. The van der Waals surface area contributed by atoms with E-state index in [0.29, 0.717) is 0 Å². The Labute approximate surface area is 126 Å². The lowest BCUT2D eigenvalue weighted by Gasteiger charge is -2.28. The van der Waals surface area contributed by atoms with Crippen molar-refractivity contribution in [1.29, 1.82) is 0 Å². The molecule has 1 heterocycles. The molecular weight excluding hydrogens is 262 g/mol. The molecule has 2 aromatic rings. The Hall–Kier alpha value is -1.32. The maximum Gasteiger partial charge on any atom is 0.134 e. The van der Waals surface area contributed by atoms with Crippen LogP contribution in [0.4, 0.5) is 0 Å². The van der Waals surface area contributed by atoms with Crippen LogP contribution in [-0.4, -0.2) is 18.3 Å². The molecule has 1 atom stereocenters. The van der Waals surface area contributed by atoms with Crippen molar-refractivity contribution in [2.45, 2.75) is 45.6 Å². The molecule has 2 N–H and O–H groups in total. The van der Waals surface area contributed by atoms with Gasteiger partial charge in [0.1, 0.15) is 11.3 Å². The van der Waals surface area contributed by atoms with Gasteiger partial charge in [0.15, 0.2) is 0 Å². The monoisotopic (exact) mass is 287 g/mol. The number of rotatable bonds is 5. The summed E-state index contributed by atoms with van der Waals surface area (Å²) >= 11 is 0. The average Bonchev–Trinajstić information content (AvgIpc) is 3.11. The van der Waals surface area contributed by atoms with Crippen LogP contribution in [0.5, 0.6) is 0 Å².